The van der Waals surface area contributed by atoms with Crippen LogP contribution < -0.4 is 4.90 Å². The standard InChI is InChI=1S/C15H13N3O2/c19-18(20)14-8-4-5-12(11-14)15-16-9-10-17(15)13-6-2-1-3-7-13/h1-8,11H,9-10H2. The molecule has 0 aliphatic carbocycles. The van der Waals surface area contributed by atoms with E-state index >= 15 is 0 Å². The van der Waals surface area contributed by atoms with E-state index in [9.17, 15) is 10.1 Å². The van der Waals surface area contributed by atoms with Crippen molar-refractivity contribution in [3.05, 3.63) is 70.3 Å². The van der Waals surface area contributed by atoms with Crippen molar-refractivity contribution in [3.8, 4) is 0 Å². The molecule has 1 aliphatic rings. The van der Waals surface area contributed by atoms with Crippen LogP contribution in [0.2, 0.25) is 0 Å². The first kappa shape index (κ1) is 12.3. The van der Waals surface area contributed by atoms with E-state index in [0.29, 0.717) is 6.54 Å². The van der Waals surface area contributed by atoms with E-state index in [1.807, 2.05) is 36.4 Å². The second-order valence-electron chi connectivity index (χ2n) is 4.50. The number of aliphatic imine (C=N–C) groups is 1. The Hall–Kier alpha value is -2.69. The number of nitrogens with zero attached hydrogens (tertiary/aromatic N) is 3. The maximum Gasteiger partial charge on any atom is 0.270 e. The maximum atomic E-state index is 10.9. The third-order valence-electron chi connectivity index (χ3n) is 3.22. The Morgan fingerprint density at radius 3 is 2.65 bits per heavy atom. The average Bonchev–Trinajstić information content (AvgIpc) is 2.98. The normalized spacial score (nSPS) is 14.2. The average molecular weight is 267 g/mol. The van der Waals surface area contributed by atoms with Gasteiger partial charge in [-0.2, -0.15) is 0 Å². The molecule has 0 amide bonds. The molecular weight excluding hydrogens is 254 g/mol. The molecule has 0 radical (unpaired) electrons. The zero-order valence-electron chi connectivity index (χ0n) is 10.8. The number of nitro benzene ring substituents is 1. The van der Waals surface area contributed by atoms with Gasteiger partial charge in [-0.25, -0.2) is 0 Å². The fraction of sp³-hybridized carbons (Fsp3) is 0.133. The molecule has 1 heterocycles. The largest absolute Gasteiger partial charge is 0.324 e. The predicted octanol–water partition coefficient (Wildman–Crippen LogP) is 2.86. The van der Waals surface area contributed by atoms with Crippen molar-refractivity contribution in [2.75, 3.05) is 18.0 Å². The molecule has 0 fully saturated rings. The van der Waals surface area contributed by atoms with E-state index in [-0.39, 0.29) is 10.6 Å². The van der Waals surface area contributed by atoms with Gasteiger partial charge >= 0.3 is 0 Å². The number of benzene rings is 2. The first-order valence-electron chi connectivity index (χ1n) is 6.37. The van der Waals surface area contributed by atoms with E-state index in [0.717, 1.165) is 23.6 Å². The van der Waals surface area contributed by atoms with Gasteiger partial charge in [0.25, 0.3) is 5.69 Å². The Balaban J connectivity index is 1.97. The molecule has 3 rings (SSSR count). The first-order chi connectivity index (χ1) is 9.75. The van der Waals surface area contributed by atoms with E-state index in [1.165, 1.54) is 6.07 Å². The summed E-state index contributed by atoms with van der Waals surface area (Å²) >= 11 is 0. The van der Waals surface area contributed by atoms with Crippen LogP contribution in [0.5, 0.6) is 0 Å². The Kier molecular flexibility index (Phi) is 3.16. The summed E-state index contributed by atoms with van der Waals surface area (Å²) in [5.74, 6) is 0.792. The molecule has 5 nitrogen and oxygen atoms in total. The number of rotatable bonds is 3. The first-order valence-corrected chi connectivity index (χ1v) is 6.37. The molecule has 5 heteroatoms. The molecule has 0 saturated heterocycles. The minimum Gasteiger partial charge on any atom is -0.324 e. The minimum absolute atomic E-state index is 0.0881. The van der Waals surface area contributed by atoms with Gasteiger partial charge in [0.05, 0.1) is 11.5 Å². The van der Waals surface area contributed by atoms with Crippen molar-refractivity contribution in [3.63, 3.8) is 0 Å². The maximum absolute atomic E-state index is 10.9. The van der Waals surface area contributed by atoms with Crippen LogP contribution in [0, 0.1) is 10.1 Å². The summed E-state index contributed by atoms with van der Waals surface area (Å²) in [5.41, 5.74) is 1.92. The van der Waals surface area contributed by atoms with Crippen molar-refractivity contribution in [2.45, 2.75) is 0 Å². The summed E-state index contributed by atoms with van der Waals surface area (Å²) in [6.45, 7) is 1.49. The molecule has 0 saturated carbocycles. The van der Waals surface area contributed by atoms with Gasteiger partial charge in [-0.3, -0.25) is 15.1 Å². The van der Waals surface area contributed by atoms with E-state index in [2.05, 4.69) is 9.89 Å². The molecule has 0 bridgehead atoms. The highest BCUT2D eigenvalue weighted by Crippen LogP contribution is 2.22. The summed E-state index contributed by atoms with van der Waals surface area (Å²) in [7, 11) is 0. The summed E-state index contributed by atoms with van der Waals surface area (Å²) in [6, 6.07) is 16.5. The molecule has 2 aromatic carbocycles. The summed E-state index contributed by atoms with van der Waals surface area (Å²) in [5, 5.41) is 10.9. The topological polar surface area (TPSA) is 58.7 Å². The highest BCUT2D eigenvalue weighted by atomic mass is 16.6. The van der Waals surface area contributed by atoms with Crippen LogP contribution in [-0.4, -0.2) is 23.8 Å². The molecule has 0 unspecified atom stereocenters. The number of non-ortho nitro benzene ring substituents is 1. The number of nitro groups is 1. The minimum atomic E-state index is -0.383. The van der Waals surface area contributed by atoms with Crippen LogP contribution in [0.4, 0.5) is 11.4 Å². The van der Waals surface area contributed by atoms with Crippen LogP contribution in [-0.2, 0) is 0 Å². The van der Waals surface area contributed by atoms with Crippen LogP contribution in [0.15, 0.2) is 59.6 Å². The van der Waals surface area contributed by atoms with Gasteiger partial charge in [-0.05, 0) is 12.1 Å². The van der Waals surface area contributed by atoms with Crippen LogP contribution >= 0.6 is 0 Å². The lowest BCUT2D eigenvalue weighted by molar-refractivity contribution is -0.384. The molecule has 0 spiro atoms. The zero-order valence-corrected chi connectivity index (χ0v) is 10.8. The molecule has 0 atom stereocenters. The molecule has 2 aromatic rings. The van der Waals surface area contributed by atoms with Crippen LogP contribution in [0.1, 0.15) is 5.56 Å². The van der Waals surface area contributed by atoms with Gasteiger partial charge in [-0.1, -0.05) is 30.3 Å². The van der Waals surface area contributed by atoms with Gasteiger partial charge in [0.1, 0.15) is 5.84 Å². The van der Waals surface area contributed by atoms with Crippen LogP contribution in [0.25, 0.3) is 0 Å². The highest BCUT2D eigenvalue weighted by Gasteiger charge is 2.21. The second kappa shape index (κ2) is 5.13. The number of para-hydroxylation sites is 1. The van der Waals surface area contributed by atoms with Gasteiger partial charge in [-0.15, -0.1) is 0 Å². The molecular formula is C15H13N3O2. The van der Waals surface area contributed by atoms with Crippen LogP contribution in [0.3, 0.4) is 0 Å². The fourth-order valence-corrected chi connectivity index (χ4v) is 2.31. The van der Waals surface area contributed by atoms with Gasteiger partial charge < -0.3 is 4.90 Å². The van der Waals surface area contributed by atoms with E-state index < -0.39 is 0 Å². The van der Waals surface area contributed by atoms with E-state index in [4.69, 9.17) is 0 Å². The lowest BCUT2D eigenvalue weighted by atomic mass is 10.1. The Morgan fingerprint density at radius 1 is 1.10 bits per heavy atom. The Bertz CT molecular complexity index is 668. The van der Waals surface area contributed by atoms with Gasteiger partial charge in [0.15, 0.2) is 0 Å². The molecule has 0 N–H and O–H groups in total. The number of hydrogen-bond acceptors (Lipinski definition) is 4. The Morgan fingerprint density at radius 2 is 1.90 bits per heavy atom. The fourth-order valence-electron chi connectivity index (χ4n) is 2.31. The predicted molar refractivity (Wildman–Crippen MR) is 78.3 cm³/mol. The lowest BCUT2D eigenvalue weighted by Crippen LogP contribution is -2.28. The molecule has 20 heavy (non-hydrogen) atoms. The quantitative estimate of drug-likeness (QED) is 0.634. The van der Waals surface area contributed by atoms with Crippen molar-refractivity contribution in [2.24, 2.45) is 4.99 Å². The molecule has 1 aliphatic heterocycles. The second-order valence-corrected chi connectivity index (χ2v) is 4.50. The number of hydrogen-bond donors (Lipinski definition) is 0. The summed E-state index contributed by atoms with van der Waals surface area (Å²) in [6.07, 6.45) is 0. The number of anilines is 1. The zero-order chi connectivity index (χ0) is 13.9. The third-order valence-corrected chi connectivity index (χ3v) is 3.22. The smallest absolute Gasteiger partial charge is 0.270 e. The summed E-state index contributed by atoms with van der Waals surface area (Å²) in [4.78, 5) is 17.1. The highest BCUT2D eigenvalue weighted by molar-refractivity contribution is 6.11. The summed E-state index contributed by atoms with van der Waals surface area (Å²) < 4.78 is 0. The Labute approximate surface area is 116 Å². The van der Waals surface area contributed by atoms with Gasteiger partial charge in [0, 0.05) is 29.9 Å². The molecule has 0 aromatic heterocycles. The van der Waals surface area contributed by atoms with Crippen molar-refractivity contribution in [1.82, 2.24) is 0 Å². The van der Waals surface area contributed by atoms with Crippen molar-refractivity contribution >= 4 is 17.2 Å². The monoisotopic (exact) mass is 267 g/mol. The number of amidine groups is 1. The molecule has 100 valence electrons. The van der Waals surface area contributed by atoms with E-state index in [1.54, 1.807) is 12.1 Å². The SMILES string of the molecule is O=[N+]([O-])c1cccc(C2=NCCN2c2ccccc2)c1. The van der Waals surface area contributed by atoms with Crippen molar-refractivity contribution in [1.29, 1.82) is 0 Å². The van der Waals surface area contributed by atoms with Crippen molar-refractivity contribution < 1.29 is 4.92 Å². The lowest BCUT2D eigenvalue weighted by Gasteiger charge is -2.20. The van der Waals surface area contributed by atoms with Gasteiger partial charge in [0.2, 0.25) is 0 Å². The third kappa shape index (κ3) is 2.25.